The summed E-state index contributed by atoms with van der Waals surface area (Å²) in [5.41, 5.74) is -0.405. The SMILES string of the molecule is C=CC(C)NCC1(O)CCC1. The predicted octanol–water partition coefficient (Wildman–Crippen LogP) is 1.07. The highest BCUT2D eigenvalue weighted by Crippen LogP contribution is 2.30. The van der Waals surface area contributed by atoms with Crippen molar-refractivity contribution < 1.29 is 5.11 Å². The van der Waals surface area contributed by atoms with Crippen LogP contribution < -0.4 is 5.32 Å². The Morgan fingerprint density at radius 2 is 2.36 bits per heavy atom. The van der Waals surface area contributed by atoms with Crippen molar-refractivity contribution >= 4 is 0 Å². The van der Waals surface area contributed by atoms with Crippen molar-refractivity contribution in [3.05, 3.63) is 12.7 Å². The lowest BCUT2D eigenvalue weighted by Crippen LogP contribution is -2.48. The molecule has 1 fully saturated rings. The van der Waals surface area contributed by atoms with Gasteiger partial charge in [0, 0.05) is 12.6 Å². The first-order chi connectivity index (χ1) is 5.16. The summed E-state index contributed by atoms with van der Waals surface area (Å²) in [5.74, 6) is 0. The fourth-order valence-electron chi connectivity index (χ4n) is 1.20. The Morgan fingerprint density at radius 1 is 1.73 bits per heavy atom. The van der Waals surface area contributed by atoms with Crippen molar-refractivity contribution in [3.8, 4) is 0 Å². The smallest absolute Gasteiger partial charge is 0.0771 e. The van der Waals surface area contributed by atoms with Crippen LogP contribution in [0.5, 0.6) is 0 Å². The normalized spacial score (nSPS) is 23.8. The van der Waals surface area contributed by atoms with E-state index < -0.39 is 5.60 Å². The second-order valence-electron chi connectivity index (χ2n) is 3.48. The van der Waals surface area contributed by atoms with Gasteiger partial charge in [0.1, 0.15) is 0 Å². The molecule has 1 saturated carbocycles. The summed E-state index contributed by atoms with van der Waals surface area (Å²) in [7, 11) is 0. The molecule has 2 heteroatoms. The molecule has 0 aromatic rings. The van der Waals surface area contributed by atoms with E-state index in [1.165, 1.54) is 6.42 Å². The summed E-state index contributed by atoms with van der Waals surface area (Å²) in [4.78, 5) is 0. The average molecular weight is 155 g/mol. The molecule has 64 valence electrons. The molecule has 0 bridgehead atoms. The molecule has 0 radical (unpaired) electrons. The van der Waals surface area contributed by atoms with Gasteiger partial charge in [0.05, 0.1) is 5.60 Å². The van der Waals surface area contributed by atoms with Crippen molar-refractivity contribution in [2.75, 3.05) is 6.54 Å². The lowest BCUT2D eigenvalue weighted by Gasteiger charge is -2.37. The highest BCUT2D eigenvalue weighted by Gasteiger charge is 2.33. The Labute approximate surface area is 68.3 Å². The van der Waals surface area contributed by atoms with Gasteiger partial charge in [-0.2, -0.15) is 0 Å². The highest BCUT2D eigenvalue weighted by molar-refractivity contribution is 4.92. The third-order valence-corrected chi connectivity index (χ3v) is 2.39. The summed E-state index contributed by atoms with van der Waals surface area (Å²) in [6.07, 6.45) is 4.91. The maximum atomic E-state index is 9.66. The van der Waals surface area contributed by atoms with E-state index in [1.54, 1.807) is 0 Å². The second-order valence-corrected chi connectivity index (χ2v) is 3.48. The number of hydrogen-bond acceptors (Lipinski definition) is 2. The molecule has 0 saturated heterocycles. The zero-order valence-electron chi connectivity index (χ0n) is 7.14. The van der Waals surface area contributed by atoms with E-state index >= 15 is 0 Å². The maximum absolute atomic E-state index is 9.66. The fourth-order valence-corrected chi connectivity index (χ4v) is 1.20. The zero-order chi connectivity index (χ0) is 8.32. The fraction of sp³-hybridized carbons (Fsp3) is 0.778. The first-order valence-corrected chi connectivity index (χ1v) is 4.25. The van der Waals surface area contributed by atoms with E-state index in [0.717, 1.165) is 12.8 Å². The lowest BCUT2D eigenvalue weighted by atomic mass is 9.80. The van der Waals surface area contributed by atoms with Gasteiger partial charge in [-0.25, -0.2) is 0 Å². The standard InChI is InChI=1S/C9H17NO/c1-3-8(2)10-7-9(11)5-4-6-9/h3,8,10-11H,1,4-7H2,2H3. The highest BCUT2D eigenvalue weighted by atomic mass is 16.3. The Balaban J connectivity index is 2.15. The quantitative estimate of drug-likeness (QED) is 0.595. The summed E-state index contributed by atoms with van der Waals surface area (Å²) in [6, 6.07) is 0.305. The van der Waals surface area contributed by atoms with E-state index in [-0.39, 0.29) is 0 Å². The van der Waals surface area contributed by atoms with Crippen LogP contribution in [0.3, 0.4) is 0 Å². The van der Waals surface area contributed by atoms with Crippen LogP contribution in [-0.4, -0.2) is 23.3 Å². The van der Waals surface area contributed by atoms with Crippen LogP contribution in [0, 0.1) is 0 Å². The molecule has 0 heterocycles. The van der Waals surface area contributed by atoms with Crippen LogP contribution in [0.4, 0.5) is 0 Å². The minimum atomic E-state index is -0.405. The van der Waals surface area contributed by atoms with Gasteiger partial charge in [0.2, 0.25) is 0 Å². The van der Waals surface area contributed by atoms with E-state index in [4.69, 9.17) is 0 Å². The average Bonchev–Trinajstić information content (AvgIpc) is 1.96. The van der Waals surface area contributed by atoms with Crippen molar-refractivity contribution in [2.24, 2.45) is 0 Å². The van der Waals surface area contributed by atoms with Crippen molar-refractivity contribution in [1.29, 1.82) is 0 Å². The van der Waals surface area contributed by atoms with E-state index in [9.17, 15) is 5.11 Å². The minimum absolute atomic E-state index is 0.305. The second kappa shape index (κ2) is 3.37. The Morgan fingerprint density at radius 3 is 2.73 bits per heavy atom. The number of nitrogens with one attached hydrogen (secondary N) is 1. The molecule has 0 spiro atoms. The van der Waals surface area contributed by atoms with Crippen LogP contribution in [0.25, 0.3) is 0 Å². The molecule has 0 amide bonds. The van der Waals surface area contributed by atoms with Crippen molar-refractivity contribution in [1.82, 2.24) is 5.32 Å². The number of rotatable bonds is 4. The minimum Gasteiger partial charge on any atom is -0.389 e. The molecule has 2 nitrogen and oxygen atoms in total. The Bertz CT molecular complexity index is 140. The summed E-state index contributed by atoms with van der Waals surface area (Å²) in [6.45, 7) is 6.41. The topological polar surface area (TPSA) is 32.3 Å². The molecule has 1 aliphatic carbocycles. The monoisotopic (exact) mass is 155 g/mol. The van der Waals surface area contributed by atoms with Crippen molar-refractivity contribution in [2.45, 2.75) is 37.8 Å². The van der Waals surface area contributed by atoms with Gasteiger partial charge in [-0.1, -0.05) is 6.08 Å². The van der Waals surface area contributed by atoms with Gasteiger partial charge >= 0.3 is 0 Å². The molecule has 1 aliphatic rings. The Kier molecular flexibility index (Phi) is 2.68. The molecule has 11 heavy (non-hydrogen) atoms. The van der Waals surface area contributed by atoms with Gasteiger partial charge in [-0.05, 0) is 26.2 Å². The van der Waals surface area contributed by atoms with Crippen LogP contribution in [0.15, 0.2) is 12.7 Å². The van der Waals surface area contributed by atoms with E-state index in [1.807, 2.05) is 13.0 Å². The number of aliphatic hydroxyl groups is 1. The van der Waals surface area contributed by atoms with Crippen LogP contribution >= 0.6 is 0 Å². The van der Waals surface area contributed by atoms with Gasteiger partial charge in [0.15, 0.2) is 0 Å². The lowest BCUT2D eigenvalue weighted by molar-refractivity contribution is -0.0320. The molecular formula is C9H17NO. The van der Waals surface area contributed by atoms with Crippen LogP contribution in [-0.2, 0) is 0 Å². The molecule has 0 aromatic carbocycles. The third kappa shape index (κ3) is 2.31. The zero-order valence-corrected chi connectivity index (χ0v) is 7.14. The molecule has 1 atom stereocenters. The third-order valence-electron chi connectivity index (χ3n) is 2.39. The summed E-state index contributed by atoms with van der Waals surface area (Å²) >= 11 is 0. The molecular weight excluding hydrogens is 138 g/mol. The summed E-state index contributed by atoms with van der Waals surface area (Å²) < 4.78 is 0. The van der Waals surface area contributed by atoms with E-state index in [0.29, 0.717) is 12.6 Å². The molecule has 0 aliphatic heterocycles. The predicted molar refractivity (Wildman–Crippen MR) is 46.5 cm³/mol. The van der Waals surface area contributed by atoms with Gasteiger partial charge in [0.25, 0.3) is 0 Å². The van der Waals surface area contributed by atoms with E-state index in [2.05, 4.69) is 11.9 Å². The maximum Gasteiger partial charge on any atom is 0.0771 e. The van der Waals surface area contributed by atoms with Gasteiger partial charge in [-0.15, -0.1) is 6.58 Å². The number of hydrogen-bond donors (Lipinski definition) is 2. The largest absolute Gasteiger partial charge is 0.389 e. The van der Waals surface area contributed by atoms with Gasteiger partial charge in [-0.3, -0.25) is 0 Å². The van der Waals surface area contributed by atoms with Crippen LogP contribution in [0.1, 0.15) is 26.2 Å². The molecule has 1 rings (SSSR count). The summed E-state index contributed by atoms with van der Waals surface area (Å²) in [5, 5.41) is 12.9. The van der Waals surface area contributed by atoms with Crippen molar-refractivity contribution in [3.63, 3.8) is 0 Å². The molecule has 2 N–H and O–H groups in total. The molecule has 1 unspecified atom stereocenters. The first kappa shape index (κ1) is 8.75. The molecule has 0 aromatic heterocycles. The van der Waals surface area contributed by atoms with Gasteiger partial charge < -0.3 is 10.4 Å². The Hall–Kier alpha value is -0.340. The van der Waals surface area contributed by atoms with Crippen LogP contribution in [0.2, 0.25) is 0 Å². The first-order valence-electron chi connectivity index (χ1n) is 4.25.